The molecule has 19 heavy (non-hydrogen) atoms. The molecule has 1 fully saturated rings. The molecule has 0 aliphatic carbocycles. The SMILES string of the molecule is O=C(Cn1cnc2c(Cl)nc(Cl)nc21)N1CCCC1. The van der Waals surface area contributed by atoms with E-state index >= 15 is 0 Å². The monoisotopic (exact) mass is 299 g/mol. The van der Waals surface area contributed by atoms with Gasteiger partial charge < -0.3 is 9.47 Å². The number of rotatable bonds is 2. The molecule has 1 aliphatic heterocycles. The van der Waals surface area contributed by atoms with Crippen LogP contribution in [-0.2, 0) is 11.3 Å². The van der Waals surface area contributed by atoms with Gasteiger partial charge in [-0.3, -0.25) is 4.79 Å². The Morgan fingerprint density at radius 2 is 2.00 bits per heavy atom. The van der Waals surface area contributed by atoms with Crippen molar-refractivity contribution in [2.24, 2.45) is 0 Å². The number of hydrogen-bond donors (Lipinski definition) is 0. The fourth-order valence-electron chi connectivity index (χ4n) is 2.21. The van der Waals surface area contributed by atoms with E-state index in [1.165, 1.54) is 6.33 Å². The molecule has 2 aromatic heterocycles. The second kappa shape index (κ2) is 4.94. The van der Waals surface area contributed by atoms with E-state index in [-0.39, 0.29) is 22.9 Å². The number of fused-ring (bicyclic) bond motifs is 1. The lowest BCUT2D eigenvalue weighted by molar-refractivity contribution is -0.130. The van der Waals surface area contributed by atoms with E-state index in [0.717, 1.165) is 25.9 Å². The third-order valence-corrected chi connectivity index (χ3v) is 3.59. The summed E-state index contributed by atoms with van der Waals surface area (Å²) in [6, 6.07) is 0. The molecule has 1 saturated heterocycles. The Hall–Kier alpha value is -1.40. The van der Waals surface area contributed by atoms with E-state index in [1.807, 2.05) is 4.90 Å². The van der Waals surface area contributed by atoms with E-state index in [1.54, 1.807) is 4.57 Å². The van der Waals surface area contributed by atoms with Crippen LogP contribution in [0.5, 0.6) is 0 Å². The Labute approximate surface area is 119 Å². The first-order valence-corrected chi connectivity index (χ1v) is 6.72. The minimum Gasteiger partial charge on any atom is -0.341 e. The lowest BCUT2D eigenvalue weighted by Gasteiger charge is -2.15. The number of aromatic nitrogens is 4. The van der Waals surface area contributed by atoms with Gasteiger partial charge in [0, 0.05) is 13.1 Å². The molecule has 0 bridgehead atoms. The Kier molecular flexibility index (Phi) is 3.28. The van der Waals surface area contributed by atoms with Crippen LogP contribution in [-0.4, -0.2) is 43.4 Å². The summed E-state index contributed by atoms with van der Waals surface area (Å²) in [6.45, 7) is 1.84. The smallest absolute Gasteiger partial charge is 0.242 e. The van der Waals surface area contributed by atoms with Crippen LogP contribution in [0.2, 0.25) is 10.4 Å². The maximum atomic E-state index is 12.1. The Morgan fingerprint density at radius 1 is 1.26 bits per heavy atom. The molecule has 0 spiro atoms. The normalized spacial score (nSPS) is 15.4. The Bertz CT molecular complexity index is 635. The molecule has 100 valence electrons. The van der Waals surface area contributed by atoms with Gasteiger partial charge in [-0.2, -0.15) is 4.98 Å². The Balaban J connectivity index is 1.90. The second-order valence-corrected chi connectivity index (χ2v) is 5.11. The number of likely N-dealkylation sites (tertiary alicyclic amines) is 1. The summed E-state index contributed by atoms with van der Waals surface area (Å²) in [5, 5.41) is 0.246. The quantitative estimate of drug-likeness (QED) is 0.626. The summed E-state index contributed by atoms with van der Waals surface area (Å²) in [6.07, 6.45) is 3.67. The number of nitrogens with zero attached hydrogens (tertiary/aromatic N) is 5. The van der Waals surface area contributed by atoms with Gasteiger partial charge in [0.1, 0.15) is 12.1 Å². The van der Waals surface area contributed by atoms with Crippen molar-refractivity contribution in [1.82, 2.24) is 24.4 Å². The first kappa shape index (κ1) is 12.6. The molecule has 6 nitrogen and oxygen atoms in total. The fourth-order valence-corrected chi connectivity index (χ4v) is 2.63. The van der Waals surface area contributed by atoms with Crippen LogP contribution in [0.4, 0.5) is 0 Å². The molecule has 0 aromatic carbocycles. The first-order chi connectivity index (χ1) is 9.15. The van der Waals surface area contributed by atoms with E-state index in [2.05, 4.69) is 15.0 Å². The molecular formula is C11H11Cl2N5O. The van der Waals surface area contributed by atoms with Gasteiger partial charge in [-0.25, -0.2) is 9.97 Å². The molecule has 0 N–H and O–H groups in total. The first-order valence-electron chi connectivity index (χ1n) is 5.97. The van der Waals surface area contributed by atoms with E-state index in [0.29, 0.717) is 11.2 Å². The van der Waals surface area contributed by atoms with Crippen molar-refractivity contribution in [3.05, 3.63) is 16.8 Å². The van der Waals surface area contributed by atoms with Crippen LogP contribution in [0.3, 0.4) is 0 Å². The summed E-state index contributed by atoms with van der Waals surface area (Å²) >= 11 is 11.7. The summed E-state index contributed by atoms with van der Waals surface area (Å²) in [5.41, 5.74) is 0.942. The third-order valence-electron chi connectivity index (χ3n) is 3.16. The summed E-state index contributed by atoms with van der Waals surface area (Å²) in [4.78, 5) is 25.9. The molecule has 8 heteroatoms. The summed E-state index contributed by atoms with van der Waals surface area (Å²) in [5.74, 6) is 0.0580. The molecule has 1 amide bonds. The molecular weight excluding hydrogens is 289 g/mol. The van der Waals surface area contributed by atoms with Crippen molar-refractivity contribution in [2.75, 3.05) is 13.1 Å². The fraction of sp³-hybridized carbons (Fsp3) is 0.455. The topological polar surface area (TPSA) is 63.9 Å². The highest BCUT2D eigenvalue weighted by molar-refractivity contribution is 6.35. The number of carbonyl (C=O) groups excluding carboxylic acids is 1. The summed E-state index contributed by atoms with van der Waals surface area (Å²) < 4.78 is 1.65. The van der Waals surface area contributed by atoms with Crippen LogP contribution < -0.4 is 0 Å². The molecule has 2 aromatic rings. The molecule has 0 radical (unpaired) electrons. The van der Waals surface area contributed by atoms with Crippen LogP contribution in [0.25, 0.3) is 11.2 Å². The van der Waals surface area contributed by atoms with E-state index in [9.17, 15) is 4.79 Å². The average Bonchev–Trinajstić information content (AvgIpc) is 2.99. The number of imidazole rings is 1. The zero-order valence-electron chi connectivity index (χ0n) is 10.0. The minimum absolute atomic E-state index is 0.0490. The molecule has 1 aliphatic rings. The number of carbonyl (C=O) groups is 1. The van der Waals surface area contributed by atoms with Crippen molar-refractivity contribution in [1.29, 1.82) is 0 Å². The molecule has 3 heterocycles. The highest BCUT2D eigenvalue weighted by Gasteiger charge is 2.20. The predicted octanol–water partition coefficient (Wildman–Crippen LogP) is 1.76. The third kappa shape index (κ3) is 2.37. The predicted molar refractivity (Wildman–Crippen MR) is 71.2 cm³/mol. The Morgan fingerprint density at radius 3 is 2.74 bits per heavy atom. The van der Waals surface area contributed by atoms with Crippen LogP contribution in [0.1, 0.15) is 12.8 Å². The minimum atomic E-state index is 0.0490. The van der Waals surface area contributed by atoms with Gasteiger partial charge in [0.05, 0.1) is 6.33 Å². The standard InChI is InChI=1S/C11H11Cl2N5O/c12-9-8-10(16-11(13)15-9)18(6-14-8)5-7(19)17-3-1-2-4-17/h6H,1-5H2. The van der Waals surface area contributed by atoms with Gasteiger partial charge >= 0.3 is 0 Å². The van der Waals surface area contributed by atoms with Gasteiger partial charge in [-0.15, -0.1) is 0 Å². The van der Waals surface area contributed by atoms with Crippen molar-refractivity contribution < 1.29 is 4.79 Å². The second-order valence-electron chi connectivity index (χ2n) is 4.42. The number of amides is 1. The van der Waals surface area contributed by atoms with Gasteiger partial charge in [0.15, 0.2) is 10.8 Å². The highest BCUT2D eigenvalue weighted by Crippen LogP contribution is 2.20. The largest absolute Gasteiger partial charge is 0.341 e. The van der Waals surface area contributed by atoms with E-state index < -0.39 is 0 Å². The number of hydrogen-bond acceptors (Lipinski definition) is 4. The van der Waals surface area contributed by atoms with Crippen LogP contribution in [0, 0.1) is 0 Å². The maximum absolute atomic E-state index is 12.1. The maximum Gasteiger partial charge on any atom is 0.242 e. The van der Waals surface area contributed by atoms with Crippen molar-refractivity contribution in [3.8, 4) is 0 Å². The molecule has 0 unspecified atom stereocenters. The van der Waals surface area contributed by atoms with Gasteiger partial charge in [-0.05, 0) is 24.4 Å². The van der Waals surface area contributed by atoms with Crippen LogP contribution in [0.15, 0.2) is 6.33 Å². The van der Waals surface area contributed by atoms with Crippen molar-refractivity contribution >= 4 is 40.3 Å². The van der Waals surface area contributed by atoms with E-state index in [4.69, 9.17) is 23.2 Å². The van der Waals surface area contributed by atoms with Gasteiger partial charge in [-0.1, -0.05) is 11.6 Å². The van der Waals surface area contributed by atoms with Gasteiger partial charge in [0.2, 0.25) is 11.2 Å². The lowest BCUT2D eigenvalue weighted by Crippen LogP contribution is -2.30. The highest BCUT2D eigenvalue weighted by atomic mass is 35.5. The van der Waals surface area contributed by atoms with Crippen molar-refractivity contribution in [3.63, 3.8) is 0 Å². The molecule has 3 rings (SSSR count). The zero-order valence-corrected chi connectivity index (χ0v) is 11.5. The van der Waals surface area contributed by atoms with Crippen molar-refractivity contribution in [2.45, 2.75) is 19.4 Å². The number of halogens is 2. The van der Waals surface area contributed by atoms with Gasteiger partial charge in [0.25, 0.3) is 0 Å². The molecule has 0 atom stereocenters. The zero-order chi connectivity index (χ0) is 13.4. The average molecular weight is 300 g/mol. The summed E-state index contributed by atoms with van der Waals surface area (Å²) in [7, 11) is 0. The molecule has 0 saturated carbocycles. The lowest BCUT2D eigenvalue weighted by atomic mass is 10.4. The van der Waals surface area contributed by atoms with Crippen LogP contribution >= 0.6 is 23.2 Å².